The molecule has 1 aromatic heterocycles. The Hall–Kier alpha value is -2.63. The lowest BCUT2D eigenvalue weighted by molar-refractivity contribution is 0.0202. The van der Waals surface area contributed by atoms with Gasteiger partial charge in [0, 0.05) is 13.1 Å². The molecule has 0 bridgehead atoms. The van der Waals surface area contributed by atoms with Gasteiger partial charge in [-0.15, -0.1) is 0 Å². The minimum Gasteiger partial charge on any atom is -0.464 e. The molecular formula is C19H29N3O8S. The predicted molar refractivity (Wildman–Crippen MR) is 111 cm³/mol. The summed E-state index contributed by atoms with van der Waals surface area (Å²) in [6, 6.07) is -1.07. The second kappa shape index (κ2) is 8.85. The van der Waals surface area contributed by atoms with E-state index in [1.807, 2.05) is 0 Å². The lowest BCUT2D eigenvalue weighted by atomic mass is 10.1. The van der Waals surface area contributed by atoms with E-state index < -0.39 is 50.8 Å². The smallest absolute Gasteiger partial charge is 0.410 e. The Morgan fingerprint density at radius 2 is 1.84 bits per heavy atom. The molecule has 2 heterocycles. The molecule has 0 saturated carbocycles. The van der Waals surface area contributed by atoms with E-state index in [0.717, 1.165) is 13.4 Å². The highest BCUT2D eigenvalue weighted by molar-refractivity contribution is 7.86. The zero-order valence-electron chi connectivity index (χ0n) is 18.8. The summed E-state index contributed by atoms with van der Waals surface area (Å²) in [6.45, 7) is 6.96. The maximum Gasteiger partial charge on any atom is 0.410 e. The van der Waals surface area contributed by atoms with Crippen molar-refractivity contribution in [2.24, 2.45) is 0 Å². The van der Waals surface area contributed by atoms with Crippen LogP contribution in [0.25, 0.3) is 0 Å². The molecular weight excluding hydrogens is 430 g/mol. The molecule has 1 aromatic rings. The Kier molecular flexibility index (Phi) is 7.03. The highest BCUT2D eigenvalue weighted by Gasteiger charge is 2.36. The highest BCUT2D eigenvalue weighted by atomic mass is 32.2. The van der Waals surface area contributed by atoms with Crippen molar-refractivity contribution in [2.45, 2.75) is 64.6 Å². The Morgan fingerprint density at radius 3 is 2.35 bits per heavy atom. The van der Waals surface area contributed by atoms with Crippen LogP contribution in [-0.2, 0) is 19.6 Å². The first-order valence-corrected chi connectivity index (χ1v) is 11.6. The van der Waals surface area contributed by atoms with Gasteiger partial charge in [-0.3, -0.25) is 9.36 Å². The van der Waals surface area contributed by atoms with Gasteiger partial charge >= 0.3 is 22.2 Å². The summed E-state index contributed by atoms with van der Waals surface area (Å²) in [5.74, 6) is -1.63. The third-order valence-corrected chi connectivity index (χ3v) is 5.17. The molecule has 0 saturated heterocycles. The Bertz CT molecular complexity index is 1030. The summed E-state index contributed by atoms with van der Waals surface area (Å²) in [7, 11) is -1.53. The molecule has 11 nitrogen and oxygen atoms in total. The van der Waals surface area contributed by atoms with Gasteiger partial charge in [0.1, 0.15) is 11.4 Å². The lowest BCUT2D eigenvalue weighted by Crippen LogP contribution is -2.40. The maximum atomic E-state index is 13.3. The molecule has 174 valence electrons. The van der Waals surface area contributed by atoms with Crippen LogP contribution in [0.4, 0.5) is 4.79 Å². The fraction of sp³-hybridized carbons (Fsp3) is 0.684. The molecule has 0 aromatic carbocycles. The predicted octanol–water partition coefficient (Wildman–Crippen LogP) is 2.02. The van der Waals surface area contributed by atoms with Gasteiger partial charge in [-0.25, -0.2) is 14.6 Å². The normalized spacial score (nSPS) is 19.1. The SMILES string of the molecule is COC(=O)c1nc2n(c(=O)c1OS(C)(=O)=O)[C@@H](C)CCC[C@H]2N(C)C(=O)OC(C)(C)C. The third kappa shape index (κ3) is 5.75. The number of methoxy groups -OCH3 is 1. The molecule has 31 heavy (non-hydrogen) atoms. The molecule has 1 amide bonds. The number of aromatic nitrogens is 2. The van der Waals surface area contributed by atoms with Crippen LogP contribution in [0.5, 0.6) is 5.75 Å². The zero-order valence-corrected chi connectivity index (χ0v) is 19.6. The van der Waals surface area contributed by atoms with Crippen molar-refractivity contribution in [3.8, 4) is 5.75 Å². The second-order valence-corrected chi connectivity index (χ2v) is 10.1. The molecule has 1 aliphatic rings. The van der Waals surface area contributed by atoms with Gasteiger partial charge in [-0.05, 0) is 47.0 Å². The molecule has 0 unspecified atom stereocenters. The van der Waals surface area contributed by atoms with Gasteiger partial charge in [0.05, 0.1) is 19.4 Å². The lowest BCUT2D eigenvalue weighted by Gasteiger charge is -2.31. The molecule has 2 rings (SSSR count). The summed E-state index contributed by atoms with van der Waals surface area (Å²) in [5.41, 5.74) is -2.14. The average molecular weight is 460 g/mol. The minimum absolute atomic E-state index is 0.129. The van der Waals surface area contributed by atoms with Gasteiger partial charge in [-0.1, -0.05) is 0 Å². The van der Waals surface area contributed by atoms with E-state index in [9.17, 15) is 22.8 Å². The number of fused-ring (bicyclic) bond motifs is 1. The fourth-order valence-corrected chi connectivity index (χ4v) is 3.80. The van der Waals surface area contributed by atoms with Crippen LogP contribution < -0.4 is 9.74 Å². The second-order valence-electron chi connectivity index (χ2n) is 8.49. The number of nitrogens with zero attached hydrogens (tertiary/aromatic N) is 3. The van der Waals surface area contributed by atoms with E-state index in [-0.39, 0.29) is 11.9 Å². The number of rotatable bonds is 4. The van der Waals surface area contributed by atoms with Gasteiger partial charge in [0.15, 0.2) is 5.69 Å². The topological polar surface area (TPSA) is 134 Å². The Morgan fingerprint density at radius 1 is 1.23 bits per heavy atom. The number of ether oxygens (including phenoxy) is 2. The minimum atomic E-state index is -4.13. The number of carbonyl (C=O) groups is 2. The van der Waals surface area contributed by atoms with Crippen LogP contribution >= 0.6 is 0 Å². The number of hydrogen-bond acceptors (Lipinski definition) is 9. The monoisotopic (exact) mass is 459 g/mol. The first-order chi connectivity index (χ1) is 14.2. The van der Waals surface area contributed by atoms with E-state index in [4.69, 9.17) is 8.92 Å². The average Bonchev–Trinajstić information content (AvgIpc) is 2.79. The van der Waals surface area contributed by atoms with Crippen LogP contribution in [-0.4, -0.2) is 60.9 Å². The number of amides is 1. The first kappa shape index (κ1) is 24.6. The van der Waals surface area contributed by atoms with E-state index in [1.165, 1.54) is 16.5 Å². The number of carbonyl (C=O) groups excluding carboxylic acids is 2. The summed E-state index contributed by atoms with van der Waals surface area (Å²) in [6.07, 6.45) is 1.82. The van der Waals surface area contributed by atoms with Gasteiger partial charge < -0.3 is 18.6 Å². The number of esters is 1. The molecule has 0 N–H and O–H groups in total. The van der Waals surface area contributed by atoms with Gasteiger partial charge in [0.2, 0.25) is 5.75 Å². The van der Waals surface area contributed by atoms with Crippen LogP contribution in [0.1, 0.15) is 75.4 Å². The molecule has 0 radical (unpaired) electrons. The quantitative estimate of drug-likeness (QED) is 0.489. The van der Waals surface area contributed by atoms with Gasteiger partial charge in [0.25, 0.3) is 5.56 Å². The van der Waals surface area contributed by atoms with Crippen LogP contribution in [0.3, 0.4) is 0 Å². The van der Waals surface area contributed by atoms with Crippen molar-refractivity contribution in [2.75, 3.05) is 20.4 Å². The van der Waals surface area contributed by atoms with Crippen molar-refractivity contribution in [3.63, 3.8) is 0 Å². The largest absolute Gasteiger partial charge is 0.464 e. The number of hydrogen-bond donors (Lipinski definition) is 0. The molecule has 0 fully saturated rings. The van der Waals surface area contributed by atoms with Crippen LogP contribution in [0.15, 0.2) is 4.79 Å². The first-order valence-electron chi connectivity index (χ1n) is 9.76. The van der Waals surface area contributed by atoms with E-state index in [2.05, 4.69) is 9.72 Å². The summed E-state index contributed by atoms with van der Waals surface area (Å²) < 4.78 is 39.6. The molecule has 1 aliphatic heterocycles. The zero-order chi connectivity index (χ0) is 23.7. The van der Waals surface area contributed by atoms with E-state index in [1.54, 1.807) is 27.7 Å². The van der Waals surface area contributed by atoms with Crippen molar-refractivity contribution in [1.29, 1.82) is 0 Å². The fourth-order valence-electron chi connectivity index (χ4n) is 3.35. The van der Waals surface area contributed by atoms with Crippen molar-refractivity contribution in [3.05, 3.63) is 21.9 Å². The van der Waals surface area contributed by atoms with Crippen molar-refractivity contribution < 1.29 is 31.7 Å². The van der Waals surface area contributed by atoms with Crippen molar-refractivity contribution >= 4 is 22.2 Å². The molecule has 12 heteroatoms. The van der Waals surface area contributed by atoms with Crippen LogP contribution in [0.2, 0.25) is 0 Å². The van der Waals surface area contributed by atoms with E-state index in [0.29, 0.717) is 19.3 Å². The van der Waals surface area contributed by atoms with Crippen LogP contribution in [0, 0.1) is 0 Å². The van der Waals surface area contributed by atoms with Crippen molar-refractivity contribution in [1.82, 2.24) is 14.5 Å². The third-order valence-electron chi connectivity index (χ3n) is 4.70. The summed E-state index contributed by atoms with van der Waals surface area (Å²) >= 11 is 0. The maximum absolute atomic E-state index is 13.3. The molecule has 2 atom stereocenters. The Balaban J connectivity index is 2.73. The summed E-state index contributed by atoms with van der Waals surface area (Å²) in [4.78, 5) is 43.8. The highest BCUT2D eigenvalue weighted by Crippen LogP contribution is 2.33. The van der Waals surface area contributed by atoms with Gasteiger partial charge in [-0.2, -0.15) is 8.42 Å². The summed E-state index contributed by atoms with van der Waals surface area (Å²) in [5, 5.41) is 0. The molecule has 0 spiro atoms. The standard InChI is InChI=1S/C19H29N3O8S/c1-11-9-8-10-12(21(5)18(25)29-19(2,3)4)15-20-13(17(24)28-6)14(16(23)22(11)15)30-31(7,26)27/h11-12H,8-10H2,1-7H3/t11-,12+/m0/s1. The molecule has 0 aliphatic carbocycles. The Labute approximate surface area is 181 Å². The van der Waals surface area contributed by atoms with E-state index >= 15 is 0 Å².